The van der Waals surface area contributed by atoms with E-state index in [0.29, 0.717) is 11.3 Å². The summed E-state index contributed by atoms with van der Waals surface area (Å²) in [4.78, 5) is 31.3. The lowest BCUT2D eigenvalue weighted by molar-refractivity contribution is -0.114. The van der Waals surface area contributed by atoms with E-state index < -0.39 is 24.7 Å². The summed E-state index contributed by atoms with van der Waals surface area (Å²) in [5.41, 5.74) is 6.59. The fourth-order valence-electron chi connectivity index (χ4n) is 3.51. The first kappa shape index (κ1) is 21.5. The number of carbonyl (C=O) groups excluding carboxylic acids is 1. The van der Waals surface area contributed by atoms with Crippen LogP contribution in [0.5, 0.6) is 0 Å². The normalized spacial score (nSPS) is 16.7. The Morgan fingerprint density at radius 2 is 1.94 bits per heavy atom. The van der Waals surface area contributed by atoms with Gasteiger partial charge in [0, 0.05) is 17.4 Å². The molecule has 3 heterocycles. The second-order valence-electron chi connectivity index (χ2n) is 7.28. The number of carbonyl (C=O) groups is 1. The van der Waals surface area contributed by atoms with Crippen LogP contribution in [0.4, 0.5) is 18.9 Å². The number of pyridine rings is 1. The number of alkyl halides is 3. The highest BCUT2D eigenvalue weighted by Gasteiger charge is 2.33. The number of aliphatic imine (C=N–C) groups is 1. The zero-order valence-corrected chi connectivity index (χ0v) is 16.9. The van der Waals surface area contributed by atoms with Crippen LogP contribution in [0.15, 0.2) is 63.8 Å². The maximum atomic E-state index is 13.4. The van der Waals surface area contributed by atoms with Gasteiger partial charge in [-0.2, -0.15) is 0 Å². The van der Waals surface area contributed by atoms with Crippen molar-refractivity contribution in [1.29, 1.82) is 0 Å². The smallest absolute Gasteiger partial charge is 0.293 e. The van der Waals surface area contributed by atoms with Gasteiger partial charge in [-0.3, -0.25) is 9.59 Å². The fourth-order valence-corrected chi connectivity index (χ4v) is 3.51. The number of hydrogen-bond donors (Lipinski definition) is 2. The van der Waals surface area contributed by atoms with Crippen LogP contribution in [-0.2, 0) is 16.1 Å². The molecule has 0 saturated carbocycles. The highest BCUT2D eigenvalue weighted by molar-refractivity contribution is 6.24. The number of aromatic nitrogens is 1. The van der Waals surface area contributed by atoms with Crippen molar-refractivity contribution in [3.05, 3.63) is 64.3 Å². The fraction of sp³-hybridized carbons (Fsp3) is 0.286. The minimum Gasteiger partial charge on any atom is -0.475 e. The van der Waals surface area contributed by atoms with Gasteiger partial charge in [0.15, 0.2) is 6.67 Å². The number of amides is 1. The van der Waals surface area contributed by atoms with Gasteiger partial charge in [-0.25, -0.2) is 18.2 Å². The van der Waals surface area contributed by atoms with E-state index >= 15 is 0 Å². The summed E-state index contributed by atoms with van der Waals surface area (Å²) < 4.78 is 45.7. The number of benzene rings is 1. The summed E-state index contributed by atoms with van der Waals surface area (Å²) in [6, 6.07) is 9.42. The number of halogens is 3. The average molecular weight is 447 g/mol. The Labute approximate surface area is 180 Å². The third-order valence-corrected chi connectivity index (χ3v) is 5.10. The van der Waals surface area contributed by atoms with Crippen LogP contribution in [0.2, 0.25) is 0 Å². The summed E-state index contributed by atoms with van der Waals surface area (Å²) in [5.74, 6) is -3.64. The van der Waals surface area contributed by atoms with E-state index in [4.69, 9.17) is 10.5 Å². The van der Waals surface area contributed by atoms with Crippen LogP contribution in [0, 0.1) is 0 Å². The molecule has 1 fully saturated rings. The highest BCUT2D eigenvalue weighted by Crippen LogP contribution is 2.25. The molecule has 168 valence electrons. The van der Waals surface area contributed by atoms with Gasteiger partial charge in [0.2, 0.25) is 5.90 Å². The van der Waals surface area contributed by atoms with Gasteiger partial charge in [0.25, 0.3) is 17.4 Å². The minimum absolute atomic E-state index is 0.151. The molecule has 1 saturated heterocycles. The molecule has 0 unspecified atom stereocenters. The molecule has 1 aromatic carbocycles. The number of nitrogens with zero attached hydrogens (tertiary/aromatic N) is 3. The van der Waals surface area contributed by atoms with Gasteiger partial charge >= 0.3 is 0 Å². The Hall–Kier alpha value is -3.76. The third-order valence-electron chi connectivity index (χ3n) is 5.10. The topological polar surface area (TPSA) is 102 Å². The van der Waals surface area contributed by atoms with Crippen LogP contribution < -0.4 is 21.5 Å². The van der Waals surface area contributed by atoms with Crippen LogP contribution in [0.1, 0.15) is 0 Å². The summed E-state index contributed by atoms with van der Waals surface area (Å²) in [7, 11) is 0. The largest absolute Gasteiger partial charge is 0.475 e. The van der Waals surface area contributed by atoms with Gasteiger partial charge in [-0.15, -0.1) is 0 Å². The molecule has 2 aromatic rings. The monoisotopic (exact) mass is 447 g/mol. The van der Waals surface area contributed by atoms with Gasteiger partial charge < -0.3 is 25.3 Å². The molecule has 1 amide bonds. The van der Waals surface area contributed by atoms with Crippen molar-refractivity contribution in [1.82, 2.24) is 9.88 Å². The lowest BCUT2D eigenvalue weighted by Crippen LogP contribution is -2.38. The molecule has 32 heavy (non-hydrogen) atoms. The Kier molecular flexibility index (Phi) is 5.64. The molecule has 11 heteroatoms. The van der Waals surface area contributed by atoms with Crippen molar-refractivity contribution in [3.8, 4) is 11.1 Å². The number of anilines is 1. The van der Waals surface area contributed by atoms with Crippen molar-refractivity contribution in [2.75, 3.05) is 31.4 Å². The average Bonchev–Trinajstić information content (AvgIpc) is 2.95. The van der Waals surface area contributed by atoms with Crippen molar-refractivity contribution in [3.63, 3.8) is 0 Å². The molecule has 8 nitrogen and oxygen atoms in total. The molecule has 2 aliphatic heterocycles. The Bertz CT molecular complexity index is 1160. The summed E-state index contributed by atoms with van der Waals surface area (Å²) in [6.07, 6.45) is 1.19. The molecule has 0 aliphatic carbocycles. The third kappa shape index (κ3) is 4.05. The number of nitrogens with one attached hydrogen (secondary N) is 1. The van der Waals surface area contributed by atoms with E-state index in [1.165, 1.54) is 23.2 Å². The molecule has 2 aliphatic rings. The lowest BCUT2D eigenvalue weighted by atomic mass is 10.1. The number of nitrogens with two attached hydrogens (primary N) is 1. The summed E-state index contributed by atoms with van der Waals surface area (Å²) in [5, 5.41) is 2.80. The number of ether oxygens (including phenoxy) is 1. The van der Waals surface area contributed by atoms with E-state index in [9.17, 15) is 22.8 Å². The lowest BCUT2D eigenvalue weighted by Gasteiger charge is -2.22. The van der Waals surface area contributed by atoms with Crippen LogP contribution in [-0.4, -0.2) is 48.8 Å². The van der Waals surface area contributed by atoms with E-state index in [2.05, 4.69) is 10.3 Å². The van der Waals surface area contributed by atoms with Gasteiger partial charge in [-0.05, 0) is 29.8 Å². The van der Waals surface area contributed by atoms with Crippen molar-refractivity contribution in [2.45, 2.75) is 12.5 Å². The van der Waals surface area contributed by atoms with E-state index in [0.717, 1.165) is 4.57 Å². The van der Waals surface area contributed by atoms with Gasteiger partial charge in [0.05, 0.1) is 13.1 Å². The molecule has 0 spiro atoms. The molecule has 0 radical (unpaired) electrons. The van der Waals surface area contributed by atoms with E-state index in [1.54, 1.807) is 24.3 Å². The maximum absolute atomic E-state index is 13.4. The van der Waals surface area contributed by atoms with E-state index in [-0.39, 0.29) is 48.6 Å². The van der Waals surface area contributed by atoms with Gasteiger partial charge in [0.1, 0.15) is 24.7 Å². The Morgan fingerprint density at radius 3 is 2.66 bits per heavy atom. The first-order valence-corrected chi connectivity index (χ1v) is 9.77. The summed E-state index contributed by atoms with van der Waals surface area (Å²) >= 11 is 0. The highest BCUT2D eigenvalue weighted by atomic mass is 19.3. The standard InChI is InChI=1S/C21H20F3N5O3/c22-10-21(23,24)11-28-7-1-2-15(19(28)30)13-3-5-14(6-4-13)29-8-9-32-18-16(20(29)31)17(25)26-12-27-18/h1-7,26H,8-12,25H2. The first-order valence-electron chi connectivity index (χ1n) is 9.77. The Morgan fingerprint density at radius 1 is 1.19 bits per heavy atom. The molecule has 4 rings (SSSR count). The molecule has 0 atom stereocenters. The molecular formula is C21H20F3N5O3. The second kappa shape index (κ2) is 8.40. The van der Waals surface area contributed by atoms with E-state index in [1.807, 2.05) is 0 Å². The number of rotatable bonds is 5. The zero-order valence-electron chi connectivity index (χ0n) is 16.9. The van der Waals surface area contributed by atoms with Crippen LogP contribution >= 0.6 is 0 Å². The first-order chi connectivity index (χ1) is 15.3. The van der Waals surface area contributed by atoms with Gasteiger partial charge in [-0.1, -0.05) is 12.1 Å². The Balaban J connectivity index is 1.62. The quantitative estimate of drug-likeness (QED) is 0.725. The number of hydrogen-bond acceptors (Lipinski definition) is 6. The van der Waals surface area contributed by atoms with Crippen molar-refractivity contribution < 1.29 is 22.7 Å². The molecule has 0 bridgehead atoms. The van der Waals surface area contributed by atoms with Crippen LogP contribution in [0.25, 0.3) is 11.1 Å². The number of fused-ring (bicyclic) bond motifs is 1. The predicted octanol–water partition coefficient (Wildman–Crippen LogP) is 1.61. The zero-order chi connectivity index (χ0) is 22.9. The predicted molar refractivity (Wildman–Crippen MR) is 112 cm³/mol. The van der Waals surface area contributed by atoms with Crippen molar-refractivity contribution in [2.24, 2.45) is 10.7 Å². The SMILES string of the molecule is NC1=C2C(=O)N(c3ccc(-c4cccn(CC(F)(F)CF)c4=O)cc3)CCOC2=NCN1. The van der Waals surface area contributed by atoms with Crippen LogP contribution in [0.3, 0.4) is 0 Å². The molecule has 3 N–H and O–H groups in total. The minimum atomic E-state index is -3.63. The molecular weight excluding hydrogens is 427 g/mol. The summed E-state index contributed by atoms with van der Waals surface area (Å²) in [6.45, 7) is -2.21. The second-order valence-corrected chi connectivity index (χ2v) is 7.28. The molecule has 1 aromatic heterocycles. The van der Waals surface area contributed by atoms with Crippen molar-refractivity contribution >= 4 is 17.5 Å². The maximum Gasteiger partial charge on any atom is 0.293 e.